The summed E-state index contributed by atoms with van der Waals surface area (Å²) in [7, 11) is 0. The van der Waals surface area contributed by atoms with E-state index in [4.69, 9.17) is 5.11 Å². The van der Waals surface area contributed by atoms with Gasteiger partial charge in [-0.1, -0.05) is 0 Å². The van der Waals surface area contributed by atoms with E-state index in [-0.39, 0.29) is 12.1 Å². The van der Waals surface area contributed by atoms with E-state index >= 15 is 0 Å². The molecule has 2 N–H and O–H groups in total. The van der Waals surface area contributed by atoms with Gasteiger partial charge in [0, 0.05) is 26.3 Å². The summed E-state index contributed by atoms with van der Waals surface area (Å²) >= 11 is 5.30. The number of hydrogen-bond acceptors (Lipinski definition) is 3. The lowest BCUT2D eigenvalue weighted by Gasteiger charge is -2.12. The maximum Gasteiger partial charge on any atom is 0.0613 e. The Morgan fingerprint density at radius 3 is 2.79 bits per heavy atom. The van der Waals surface area contributed by atoms with E-state index in [1.54, 1.807) is 11.3 Å². The molecule has 2 nitrogen and oxygen atoms in total. The summed E-state index contributed by atoms with van der Waals surface area (Å²) in [4.78, 5) is 2.64. The summed E-state index contributed by atoms with van der Waals surface area (Å²) in [5.41, 5.74) is 0.0460. The topological polar surface area (TPSA) is 32.3 Å². The van der Waals surface area contributed by atoms with Crippen LogP contribution in [0.5, 0.6) is 0 Å². The van der Waals surface area contributed by atoms with Crippen LogP contribution in [0.2, 0.25) is 0 Å². The number of nitrogens with one attached hydrogen (secondary N) is 1. The zero-order valence-corrected chi connectivity index (χ0v) is 10.5. The average Bonchev–Trinajstić information content (AvgIpc) is 2.88. The lowest BCUT2D eigenvalue weighted by Crippen LogP contribution is -2.33. The largest absolute Gasteiger partial charge is 0.394 e. The highest BCUT2D eigenvalue weighted by atomic mass is 79.9. The molecule has 1 heterocycles. The first-order valence-electron chi connectivity index (χ1n) is 4.76. The lowest BCUT2D eigenvalue weighted by atomic mass is 10.3. The molecule has 0 aromatic carbocycles. The molecule has 2 rings (SSSR count). The third kappa shape index (κ3) is 2.19. The minimum Gasteiger partial charge on any atom is -0.394 e. The normalized spacial score (nSPS) is 18.5. The lowest BCUT2D eigenvalue weighted by molar-refractivity contribution is 0.230. The molecule has 0 amide bonds. The van der Waals surface area contributed by atoms with Crippen LogP contribution in [0.4, 0.5) is 0 Å². The monoisotopic (exact) mass is 275 g/mol. The minimum atomic E-state index is 0.0460. The molecule has 0 atom stereocenters. The Labute approximate surface area is 96.5 Å². The summed E-state index contributed by atoms with van der Waals surface area (Å²) in [6.45, 7) is 3.24. The Morgan fingerprint density at radius 1 is 1.64 bits per heavy atom. The molecule has 0 bridgehead atoms. The van der Waals surface area contributed by atoms with Gasteiger partial charge in [0.1, 0.15) is 0 Å². The zero-order chi connectivity index (χ0) is 10.2. The molecule has 0 unspecified atom stereocenters. The highest BCUT2D eigenvalue weighted by Gasteiger charge is 2.41. The molecular formula is C10H14BrNOS. The van der Waals surface area contributed by atoms with E-state index in [9.17, 15) is 0 Å². The van der Waals surface area contributed by atoms with Gasteiger partial charge in [0.05, 0.1) is 6.61 Å². The zero-order valence-electron chi connectivity index (χ0n) is 8.14. The summed E-state index contributed by atoms with van der Waals surface area (Å²) in [6, 6.07) is 2.15. The van der Waals surface area contributed by atoms with Crippen molar-refractivity contribution in [1.29, 1.82) is 0 Å². The fraction of sp³-hybridized carbons (Fsp3) is 0.600. The third-order valence-electron chi connectivity index (χ3n) is 2.70. The average molecular weight is 276 g/mol. The van der Waals surface area contributed by atoms with Crippen molar-refractivity contribution in [2.24, 2.45) is 0 Å². The van der Waals surface area contributed by atoms with Gasteiger partial charge in [-0.2, -0.15) is 0 Å². The van der Waals surface area contributed by atoms with Gasteiger partial charge in [0.2, 0.25) is 0 Å². The molecule has 1 fully saturated rings. The molecule has 78 valence electrons. The SMILES string of the molecule is Cc1sc(CNC2(CO)CC2)cc1Br. The van der Waals surface area contributed by atoms with Crippen molar-refractivity contribution in [3.8, 4) is 0 Å². The van der Waals surface area contributed by atoms with Gasteiger partial charge in [-0.05, 0) is 41.8 Å². The van der Waals surface area contributed by atoms with Crippen LogP contribution in [0.3, 0.4) is 0 Å². The standard InChI is InChI=1S/C10H14BrNOS/c1-7-9(11)4-8(14-7)5-12-10(6-13)2-3-10/h4,12-13H,2-3,5-6H2,1H3. The van der Waals surface area contributed by atoms with E-state index < -0.39 is 0 Å². The summed E-state index contributed by atoms with van der Waals surface area (Å²) in [5, 5.41) is 12.5. The second-order valence-electron chi connectivity index (χ2n) is 3.91. The number of halogens is 1. The minimum absolute atomic E-state index is 0.0460. The molecule has 1 aromatic rings. The van der Waals surface area contributed by atoms with Crippen molar-refractivity contribution >= 4 is 27.3 Å². The van der Waals surface area contributed by atoms with Gasteiger partial charge in [-0.3, -0.25) is 0 Å². The fourth-order valence-electron chi connectivity index (χ4n) is 1.42. The van der Waals surface area contributed by atoms with Crippen LogP contribution in [-0.2, 0) is 6.54 Å². The Kier molecular flexibility index (Phi) is 2.98. The number of hydrogen-bond donors (Lipinski definition) is 2. The van der Waals surface area contributed by atoms with E-state index in [2.05, 4.69) is 34.2 Å². The first kappa shape index (κ1) is 10.6. The predicted molar refractivity (Wildman–Crippen MR) is 62.6 cm³/mol. The summed E-state index contributed by atoms with van der Waals surface area (Å²) in [5.74, 6) is 0. The van der Waals surface area contributed by atoms with Crippen LogP contribution in [0.15, 0.2) is 10.5 Å². The predicted octanol–water partition coefficient (Wildman–Crippen LogP) is 2.43. The second-order valence-corrected chi connectivity index (χ2v) is 6.10. The van der Waals surface area contributed by atoms with Gasteiger partial charge in [0.25, 0.3) is 0 Å². The molecule has 1 saturated carbocycles. The quantitative estimate of drug-likeness (QED) is 0.885. The number of aliphatic hydroxyl groups excluding tert-OH is 1. The summed E-state index contributed by atoms with van der Waals surface area (Å²) in [6.07, 6.45) is 2.21. The highest BCUT2D eigenvalue weighted by molar-refractivity contribution is 9.10. The Hall–Kier alpha value is 0.100. The Bertz CT molecular complexity index is 313. The highest BCUT2D eigenvalue weighted by Crippen LogP contribution is 2.35. The van der Waals surface area contributed by atoms with Gasteiger partial charge in [-0.25, -0.2) is 0 Å². The van der Waals surface area contributed by atoms with Gasteiger partial charge >= 0.3 is 0 Å². The molecule has 14 heavy (non-hydrogen) atoms. The van der Waals surface area contributed by atoms with Crippen molar-refractivity contribution in [3.63, 3.8) is 0 Å². The number of rotatable bonds is 4. The van der Waals surface area contributed by atoms with E-state index in [1.807, 2.05) is 0 Å². The maximum absolute atomic E-state index is 9.13. The number of thiophene rings is 1. The molecule has 1 aromatic heterocycles. The van der Waals surface area contributed by atoms with Crippen LogP contribution in [0.25, 0.3) is 0 Å². The Balaban J connectivity index is 1.92. The van der Waals surface area contributed by atoms with Crippen molar-refractivity contribution < 1.29 is 5.11 Å². The van der Waals surface area contributed by atoms with Crippen LogP contribution in [0, 0.1) is 6.92 Å². The Morgan fingerprint density at radius 2 is 2.36 bits per heavy atom. The molecule has 0 aliphatic heterocycles. The molecule has 1 aliphatic rings. The smallest absolute Gasteiger partial charge is 0.0613 e. The molecule has 0 radical (unpaired) electrons. The molecule has 0 saturated heterocycles. The van der Waals surface area contributed by atoms with E-state index in [0.29, 0.717) is 0 Å². The van der Waals surface area contributed by atoms with Crippen LogP contribution in [-0.4, -0.2) is 17.3 Å². The van der Waals surface area contributed by atoms with Crippen LogP contribution >= 0.6 is 27.3 Å². The van der Waals surface area contributed by atoms with Gasteiger partial charge in [-0.15, -0.1) is 11.3 Å². The molecule has 1 aliphatic carbocycles. The van der Waals surface area contributed by atoms with Gasteiger partial charge < -0.3 is 10.4 Å². The van der Waals surface area contributed by atoms with E-state index in [1.165, 1.54) is 14.2 Å². The van der Waals surface area contributed by atoms with Crippen molar-refractivity contribution in [1.82, 2.24) is 5.32 Å². The number of aliphatic hydroxyl groups is 1. The first-order valence-corrected chi connectivity index (χ1v) is 6.37. The van der Waals surface area contributed by atoms with Crippen molar-refractivity contribution in [3.05, 3.63) is 20.3 Å². The molecule has 0 spiro atoms. The molecule has 4 heteroatoms. The maximum atomic E-state index is 9.13. The van der Waals surface area contributed by atoms with Crippen molar-refractivity contribution in [2.45, 2.75) is 31.8 Å². The van der Waals surface area contributed by atoms with Gasteiger partial charge in [0.15, 0.2) is 0 Å². The third-order valence-corrected chi connectivity index (χ3v) is 4.84. The van der Waals surface area contributed by atoms with Crippen molar-refractivity contribution in [2.75, 3.05) is 6.61 Å². The fourth-order valence-corrected chi connectivity index (χ4v) is 2.96. The van der Waals surface area contributed by atoms with E-state index in [0.717, 1.165) is 19.4 Å². The second kappa shape index (κ2) is 3.93. The van der Waals surface area contributed by atoms with Crippen LogP contribution in [0.1, 0.15) is 22.6 Å². The summed E-state index contributed by atoms with van der Waals surface area (Å²) < 4.78 is 1.19. The van der Waals surface area contributed by atoms with Crippen LogP contribution < -0.4 is 5.32 Å². The molecular weight excluding hydrogens is 262 g/mol. The first-order chi connectivity index (χ1) is 6.65. The number of aryl methyl sites for hydroxylation is 1.